The maximum atomic E-state index is 10.8. The predicted molar refractivity (Wildman–Crippen MR) is 73.2 cm³/mol. The molecule has 0 radical (unpaired) electrons. The summed E-state index contributed by atoms with van der Waals surface area (Å²) in [6.07, 6.45) is 1.37. The molecule has 4 nitrogen and oxygen atoms in total. The summed E-state index contributed by atoms with van der Waals surface area (Å²) in [5.74, 6) is -0.966. The fraction of sp³-hybridized carbons (Fsp3) is 0.0667. The first-order valence-electron chi connectivity index (χ1n) is 5.92. The van der Waals surface area contributed by atoms with Crippen LogP contribution < -0.4 is 0 Å². The summed E-state index contributed by atoms with van der Waals surface area (Å²) >= 11 is 0. The van der Waals surface area contributed by atoms with E-state index in [4.69, 9.17) is 5.11 Å². The summed E-state index contributed by atoms with van der Waals surface area (Å²) in [5, 5.41) is 9.96. The number of H-pyrrole nitrogens is 1. The summed E-state index contributed by atoms with van der Waals surface area (Å²) < 4.78 is 0. The van der Waals surface area contributed by atoms with Crippen molar-refractivity contribution >= 4 is 16.9 Å². The van der Waals surface area contributed by atoms with Crippen LogP contribution in [-0.4, -0.2) is 21.0 Å². The normalized spacial score (nSPS) is 10.8. The van der Waals surface area contributed by atoms with Gasteiger partial charge in [0.1, 0.15) is 0 Å². The molecule has 0 aliphatic heterocycles. The lowest BCUT2D eigenvalue weighted by Gasteiger charge is -1.97. The lowest BCUT2D eigenvalue weighted by molar-refractivity contribution is 0.0696. The van der Waals surface area contributed by atoms with Gasteiger partial charge < -0.3 is 10.1 Å². The Bertz CT molecular complexity index is 757. The molecule has 1 aromatic carbocycles. The Balaban J connectivity index is 2.06. The number of fused-ring (bicyclic) bond motifs is 1. The largest absolute Gasteiger partial charge is 0.478 e. The molecule has 0 amide bonds. The van der Waals surface area contributed by atoms with Crippen LogP contribution in [0.2, 0.25) is 0 Å². The van der Waals surface area contributed by atoms with Gasteiger partial charge in [-0.3, -0.25) is 4.98 Å². The number of benzene rings is 1. The highest BCUT2D eigenvalue weighted by atomic mass is 16.4. The molecule has 0 atom stereocenters. The van der Waals surface area contributed by atoms with Crippen molar-refractivity contribution < 1.29 is 9.90 Å². The van der Waals surface area contributed by atoms with Gasteiger partial charge in [0.05, 0.1) is 17.0 Å². The van der Waals surface area contributed by atoms with Crippen LogP contribution in [0.1, 0.15) is 15.9 Å². The minimum Gasteiger partial charge on any atom is -0.478 e. The van der Waals surface area contributed by atoms with Crippen LogP contribution in [-0.2, 0) is 0 Å². The Morgan fingerprint density at radius 2 is 2.05 bits per heavy atom. The SMILES string of the molecule is Cc1ccc2cc(-c3ccc(C(=O)O)cn3)[nH]c2c1. The standard InChI is InChI=1S/C15H12N2O2/c1-9-2-3-10-7-14(17-13(10)6-9)12-5-4-11(8-16-12)15(18)19/h2-8,17H,1H3,(H,18,19). The Hall–Kier alpha value is -2.62. The van der Waals surface area contributed by atoms with Gasteiger partial charge in [-0.2, -0.15) is 0 Å². The van der Waals surface area contributed by atoms with E-state index in [2.05, 4.69) is 28.2 Å². The number of aryl methyl sites for hydroxylation is 1. The topological polar surface area (TPSA) is 66.0 Å². The molecule has 94 valence electrons. The quantitative estimate of drug-likeness (QED) is 0.735. The third-order valence-electron chi connectivity index (χ3n) is 3.06. The number of hydrogen-bond acceptors (Lipinski definition) is 2. The van der Waals surface area contributed by atoms with E-state index in [1.165, 1.54) is 11.8 Å². The Kier molecular flexibility index (Phi) is 2.56. The molecule has 0 fully saturated rings. The Morgan fingerprint density at radius 1 is 1.21 bits per heavy atom. The smallest absolute Gasteiger partial charge is 0.337 e. The lowest BCUT2D eigenvalue weighted by Crippen LogP contribution is -1.97. The molecule has 0 spiro atoms. The first-order chi connectivity index (χ1) is 9.13. The molecular weight excluding hydrogens is 240 g/mol. The number of pyridine rings is 1. The van der Waals surface area contributed by atoms with Crippen LogP contribution in [0, 0.1) is 6.92 Å². The van der Waals surface area contributed by atoms with Crippen molar-refractivity contribution in [2.75, 3.05) is 0 Å². The molecule has 2 N–H and O–H groups in total. The van der Waals surface area contributed by atoms with E-state index in [1.807, 2.05) is 13.0 Å². The van der Waals surface area contributed by atoms with Gasteiger partial charge in [0, 0.05) is 17.1 Å². The third-order valence-corrected chi connectivity index (χ3v) is 3.06. The molecule has 0 aliphatic carbocycles. The Labute approximate surface area is 109 Å². The number of nitrogens with zero attached hydrogens (tertiary/aromatic N) is 1. The third kappa shape index (κ3) is 2.08. The maximum absolute atomic E-state index is 10.8. The monoisotopic (exact) mass is 252 g/mol. The number of aromatic amines is 1. The van der Waals surface area contributed by atoms with Gasteiger partial charge in [-0.15, -0.1) is 0 Å². The molecule has 0 aliphatic rings. The van der Waals surface area contributed by atoms with E-state index in [9.17, 15) is 4.79 Å². The van der Waals surface area contributed by atoms with Crippen LogP contribution in [0.15, 0.2) is 42.6 Å². The highest BCUT2D eigenvalue weighted by Gasteiger charge is 2.07. The molecule has 0 saturated carbocycles. The molecule has 3 aromatic rings. The predicted octanol–water partition coefficient (Wildman–Crippen LogP) is 3.24. The molecule has 0 unspecified atom stereocenters. The number of aromatic nitrogens is 2. The van der Waals surface area contributed by atoms with E-state index < -0.39 is 5.97 Å². The van der Waals surface area contributed by atoms with Crippen molar-refractivity contribution in [3.63, 3.8) is 0 Å². The van der Waals surface area contributed by atoms with Gasteiger partial charge in [0.15, 0.2) is 0 Å². The fourth-order valence-corrected chi connectivity index (χ4v) is 2.06. The van der Waals surface area contributed by atoms with Crippen molar-refractivity contribution in [1.82, 2.24) is 9.97 Å². The van der Waals surface area contributed by atoms with Gasteiger partial charge in [-0.25, -0.2) is 4.79 Å². The zero-order valence-corrected chi connectivity index (χ0v) is 10.3. The number of hydrogen-bond donors (Lipinski definition) is 2. The fourth-order valence-electron chi connectivity index (χ4n) is 2.06. The highest BCUT2D eigenvalue weighted by molar-refractivity contribution is 5.88. The van der Waals surface area contributed by atoms with Crippen molar-refractivity contribution in [1.29, 1.82) is 0 Å². The average Bonchev–Trinajstić information content (AvgIpc) is 2.81. The second-order valence-corrected chi connectivity index (χ2v) is 4.51. The number of aromatic carboxylic acids is 1. The van der Waals surface area contributed by atoms with Crippen molar-refractivity contribution in [3.05, 3.63) is 53.7 Å². The summed E-state index contributed by atoms with van der Waals surface area (Å²) in [7, 11) is 0. The molecule has 0 bridgehead atoms. The maximum Gasteiger partial charge on any atom is 0.337 e. The van der Waals surface area contributed by atoms with Gasteiger partial charge in [0.25, 0.3) is 0 Å². The van der Waals surface area contributed by atoms with E-state index >= 15 is 0 Å². The summed E-state index contributed by atoms with van der Waals surface area (Å²) in [6, 6.07) is 11.5. The number of carboxylic acids is 1. The number of carbonyl (C=O) groups is 1. The zero-order valence-electron chi connectivity index (χ0n) is 10.3. The van der Waals surface area contributed by atoms with E-state index in [1.54, 1.807) is 12.1 Å². The summed E-state index contributed by atoms with van der Waals surface area (Å²) in [5.41, 5.74) is 4.06. The summed E-state index contributed by atoms with van der Waals surface area (Å²) in [4.78, 5) is 18.2. The molecular formula is C15H12N2O2. The molecule has 3 rings (SSSR count). The molecule has 4 heteroatoms. The minimum absolute atomic E-state index is 0.190. The second-order valence-electron chi connectivity index (χ2n) is 4.51. The van der Waals surface area contributed by atoms with Gasteiger partial charge in [-0.1, -0.05) is 12.1 Å². The van der Waals surface area contributed by atoms with E-state index in [0.29, 0.717) is 0 Å². The van der Waals surface area contributed by atoms with Crippen molar-refractivity contribution in [2.24, 2.45) is 0 Å². The highest BCUT2D eigenvalue weighted by Crippen LogP contribution is 2.23. The van der Waals surface area contributed by atoms with Gasteiger partial charge in [-0.05, 0) is 36.8 Å². The van der Waals surface area contributed by atoms with Gasteiger partial charge in [0.2, 0.25) is 0 Å². The lowest BCUT2D eigenvalue weighted by atomic mass is 10.2. The number of carboxylic acid groups (broad SMARTS) is 1. The van der Waals surface area contributed by atoms with Crippen molar-refractivity contribution in [3.8, 4) is 11.4 Å². The van der Waals surface area contributed by atoms with Crippen LogP contribution in [0.4, 0.5) is 0 Å². The Morgan fingerprint density at radius 3 is 2.74 bits per heavy atom. The van der Waals surface area contributed by atoms with Crippen LogP contribution >= 0.6 is 0 Å². The van der Waals surface area contributed by atoms with Crippen LogP contribution in [0.3, 0.4) is 0 Å². The van der Waals surface area contributed by atoms with E-state index in [-0.39, 0.29) is 5.56 Å². The number of nitrogens with one attached hydrogen (secondary N) is 1. The second kappa shape index (κ2) is 4.24. The molecule has 2 heterocycles. The number of rotatable bonds is 2. The van der Waals surface area contributed by atoms with Crippen LogP contribution in [0.5, 0.6) is 0 Å². The van der Waals surface area contributed by atoms with E-state index in [0.717, 1.165) is 22.3 Å². The molecule has 2 aromatic heterocycles. The average molecular weight is 252 g/mol. The van der Waals surface area contributed by atoms with Crippen LogP contribution in [0.25, 0.3) is 22.3 Å². The molecule has 0 saturated heterocycles. The first kappa shape index (κ1) is 11.5. The first-order valence-corrected chi connectivity index (χ1v) is 5.92. The zero-order chi connectivity index (χ0) is 13.4. The minimum atomic E-state index is -0.966. The molecule has 19 heavy (non-hydrogen) atoms. The van der Waals surface area contributed by atoms with Crippen molar-refractivity contribution in [2.45, 2.75) is 6.92 Å². The summed E-state index contributed by atoms with van der Waals surface area (Å²) in [6.45, 7) is 2.04. The van der Waals surface area contributed by atoms with Gasteiger partial charge >= 0.3 is 5.97 Å².